The van der Waals surface area contributed by atoms with Crippen LogP contribution in [0.4, 0.5) is 26.3 Å². The molecule has 4 rings (SSSR count). The van der Waals surface area contributed by atoms with E-state index in [4.69, 9.17) is 4.74 Å². The molecule has 0 amide bonds. The molecule has 168 valence electrons. The fourth-order valence-electron chi connectivity index (χ4n) is 4.89. The van der Waals surface area contributed by atoms with Gasteiger partial charge in [0.15, 0.2) is 0 Å². The number of esters is 1. The summed E-state index contributed by atoms with van der Waals surface area (Å²) < 4.78 is 89.1. The zero-order valence-corrected chi connectivity index (χ0v) is 19.4. The Kier molecular flexibility index (Phi) is 5.22. The summed E-state index contributed by atoms with van der Waals surface area (Å²) in [5, 5.41) is 9.54. The Balaban J connectivity index is 1.39. The van der Waals surface area contributed by atoms with Gasteiger partial charge in [-0.3, -0.25) is 0 Å². The third kappa shape index (κ3) is 3.48. The number of nitrogens with one attached hydrogen (secondary N) is 2. The molecule has 2 aliphatic carbocycles. The molecule has 2 aliphatic heterocycles. The number of halogens is 8. The van der Waals surface area contributed by atoms with Crippen LogP contribution in [0.15, 0.2) is 0 Å². The molecule has 13 heteroatoms. The summed E-state index contributed by atoms with van der Waals surface area (Å²) in [5.41, 5.74) is -4.72. The van der Waals surface area contributed by atoms with Gasteiger partial charge in [0, 0.05) is 0 Å². The summed E-state index contributed by atoms with van der Waals surface area (Å²) in [7, 11) is 0. The molecule has 2 heterocycles. The van der Waals surface area contributed by atoms with Gasteiger partial charge in [-0.2, -0.15) is 0 Å². The summed E-state index contributed by atoms with van der Waals surface area (Å²) in [6.45, 7) is 1.73. The maximum atomic E-state index is 13.1. The summed E-state index contributed by atoms with van der Waals surface area (Å²) in [6.07, 6.45) is -11.7. The molecule has 5 atom stereocenters. The first-order valence-electron chi connectivity index (χ1n) is 9.10. The van der Waals surface area contributed by atoms with E-state index in [1.54, 1.807) is 6.92 Å². The summed E-state index contributed by atoms with van der Waals surface area (Å²) in [5.74, 6) is -2.06. The number of hydrogen-bond donors (Lipinski definition) is 3. The van der Waals surface area contributed by atoms with Crippen LogP contribution in [0.1, 0.15) is 32.6 Å². The molecule has 3 N–H and O–H groups in total. The van der Waals surface area contributed by atoms with Crippen molar-refractivity contribution in [3.05, 3.63) is 0 Å². The van der Waals surface area contributed by atoms with Crippen LogP contribution < -0.4 is 7.06 Å². The van der Waals surface area contributed by atoms with Crippen LogP contribution in [-0.4, -0.2) is 42.7 Å². The van der Waals surface area contributed by atoms with E-state index in [1.807, 2.05) is 22.6 Å². The molecule has 2 bridgehead atoms. The van der Waals surface area contributed by atoms with Gasteiger partial charge in [-0.1, -0.05) is 0 Å². The molecule has 2 saturated carbocycles. The molecule has 0 aromatic carbocycles. The van der Waals surface area contributed by atoms with E-state index in [2.05, 4.69) is 7.06 Å². The molecular weight excluding hydrogens is 636 g/mol. The molecule has 5 nitrogen and oxygen atoms in total. The van der Waals surface area contributed by atoms with Gasteiger partial charge in [0.2, 0.25) is 0 Å². The van der Waals surface area contributed by atoms with Gasteiger partial charge in [-0.05, 0) is 0 Å². The van der Waals surface area contributed by atoms with Crippen molar-refractivity contribution in [2.75, 3.05) is 6.61 Å². The molecular formula is C16H20F6I2N2O3. The monoisotopic (exact) mass is 656 g/mol. The minimum absolute atomic E-state index is 0.00284. The SMILES string of the molecule is CC(I)(C(=O)OCC1CC2CC(CC(O)(C(F)(F)F)C(F)(F)F)C1C2)C12NI1N2. The summed E-state index contributed by atoms with van der Waals surface area (Å²) >= 11 is 0.634. The number of fused-ring (bicyclic) bond motifs is 3. The molecule has 29 heavy (non-hydrogen) atoms. The number of carbonyl (C=O) groups is 1. The van der Waals surface area contributed by atoms with Crippen molar-refractivity contribution in [2.45, 2.75) is 57.7 Å². The topological polar surface area (TPSA) is 90.4 Å². The van der Waals surface area contributed by atoms with Gasteiger partial charge in [-0.15, -0.1) is 0 Å². The average Bonchev–Trinajstić information content (AvgIpc) is 3.36. The van der Waals surface area contributed by atoms with Crippen LogP contribution in [0.25, 0.3) is 0 Å². The van der Waals surface area contributed by atoms with Crippen molar-refractivity contribution >= 4 is 48.9 Å². The van der Waals surface area contributed by atoms with Gasteiger partial charge in [-0.25, -0.2) is 0 Å². The molecule has 0 spiro atoms. The van der Waals surface area contributed by atoms with Crippen molar-refractivity contribution in [1.82, 2.24) is 7.06 Å². The number of rotatable bonds is 6. The number of carbonyl (C=O) groups excluding carboxylic acids is 1. The van der Waals surface area contributed by atoms with E-state index in [0.29, 0.717) is 12.8 Å². The molecule has 5 unspecified atom stereocenters. The first kappa shape index (κ1) is 22.6. The maximum absolute atomic E-state index is 13.1. The number of alkyl halides is 8. The van der Waals surface area contributed by atoms with E-state index in [9.17, 15) is 36.2 Å². The van der Waals surface area contributed by atoms with Gasteiger partial charge < -0.3 is 0 Å². The molecule has 0 aromatic heterocycles. The Bertz CT molecular complexity index is 696. The zero-order valence-electron chi connectivity index (χ0n) is 15.1. The van der Waals surface area contributed by atoms with E-state index in [-0.39, 0.29) is 28.5 Å². The van der Waals surface area contributed by atoms with E-state index in [1.165, 1.54) is 0 Å². The molecule has 0 aromatic rings. The molecule has 0 radical (unpaired) electrons. The third-order valence-corrected chi connectivity index (χ3v) is 13.8. The van der Waals surface area contributed by atoms with Crippen LogP contribution in [0.5, 0.6) is 0 Å². The fraction of sp³-hybridized carbons (Fsp3) is 0.938. The number of aliphatic hydroxyl groups is 1. The number of hydrogen-bond acceptors (Lipinski definition) is 5. The van der Waals surface area contributed by atoms with E-state index < -0.39 is 66.0 Å². The Hall–Kier alpha value is 0.390. The van der Waals surface area contributed by atoms with Crippen molar-refractivity contribution in [3.8, 4) is 0 Å². The Morgan fingerprint density at radius 3 is 2.10 bits per heavy atom. The second kappa shape index (κ2) is 6.70. The van der Waals surface area contributed by atoms with Crippen molar-refractivity contribution < 1.29 is 41.0 Å². The van der Waals surface area contributed by atoms with Gasteiger partial charge in [0.1, 0.15) is 0 Å². The summed E-state index contributed by atoms with van der Waals surface area (Å²) in [4.78, 5) is 12.5. The second-order valence-corrected chi connectivity index (χ2v) is 15.0. The predicted octanol–water partition coefficient (Wildman–Crippen LogP) is 3.83. The first-order valence-corrected chi connectivity index (χ1v) is 13.4. The minimum atomic E-state index is -5.80. The Morgan fingerprint density at radius 1 is 1.14 bits per heavy atom. The van der Waals surface area contributed by atoms with Gasteiger partial charge in [0.25, 0.3) is 0 Å². The third-order valence-electron chi connectivity index (χ3n) is 6.70. The fourth-order valence-corrected chi connectivity index (χ4v) is 12.7. The van der Waals surface area contributed by atoms with Crippen LogP contribution in [0.2, 0.25) is 0 Å². The van der Waals surface area contributed by atoms with Crippen molar-refractivity contribution in [3.63, 3.8) is 0 Å². The quantitative estimate of drug-likeness (QED) is 0.0770. The molecule has 4 aliphatic rings. The average molecular weight is 656 g/mol. The normalized spacial score (nSPS) is 35.8. The van der Waals surface area contributed by atoms with Crippen LogP contribution in [-0.2, 0) is 9.53 Å². The van der Waals surface area contributed by atoms with Gasteiger partial charge in [0.05, 0.1) is 0 Å². The van der Waals surface area contributed by atoms with Crippen molar-refractivity contribution in [2.24, 2.45) is 23.7 Å². The predicted molar refractivity (Wildman–Crippen MR) is 106 cm³/mol. The molecule has 2 saturated heterocycles. The standard InChI is InChI=1S/C16H20F6I2N2O3/c1-12(23,16-24(25-16)26-16)11(27)29-6-9-3-7-2-8(10(9)4-7)5-13(28,14(17,18)19)15(20,21)22/h7-10,25-26,28H,2-6H2,1H3. The Labute approximate surface area is 184 Å². The molecule has 4 fully saturated rings. The Morgan fingerprint density at radius 2 is 1.66 bits per heavy atom. The van der Waals surface area contributed by atoms with Crippen LogP contribution in [0.3, 0.4) is 0 Å². The van der Waals surface area contributed by atoms with Crippen molar-refractivity contribution in [1.29, 1.82) is 0 Å². The van der Waals surface area contributed by atoms with E-state index in [0.717, 1.165) is 0 Å². The van der Waals surface area contributed by atoms with Crippen LogP contribution in [0, 0.1) is 23.7 Å². The van der Waals surface area contributed by atoms with E-state index >= 15 is 0 Å². The second-order valence-electron chi connectivity index (χ2n) is 8.55. The van der Waals surface area contributed by atoms with Gasteiger partial charge >= 0.3 is 185 Å². The number of ether oxygens (including phenoxy) is 1. The first-order chi connectivity index (χ1) is 13.1. The zero-order chi connectivity index (χ0) is 21.6. The van der Waals surface area contributed by atoms with Crippen LogP contribution >= 0.6 is 43.0 Å². The summed E-state index contributed by atoms with van der Waals surface area (Å²) in [6, 6.07) is 0.